The van der Waals surface area contributed by atoms with Gasteiger partial charge < -0.3 is 10.6 Å². The molecular formula is C16H15BrN2O2S. The molecule has 1 aromatic heterocycles. The normalized spacial score (nSPS) is 14.9. The van der Waals surface area contributed by atoms with Crippen LogP contribution in [0, 0.1) is 0 Å². The first kappa shape index (κ1) is 15.2. The minimum atomic E-state index is -0.0931. The Hall–Kier alpha value is -1.66. The topological polar surface area (TPSA) is 58.2 Å². The molecule has 1 aliphatic heterocycles. The number of fused-ring (bicyclic) bond motifs is 1. The molecule has 6 heteroatoms. The largest absolute Gasteiger partial charge is 0.345 e. The van der Waals surface area contributed by atoms with E-state index >= 15 is 0 Å². The zero-order valence-electron chi connectivity index (χ0n) is 12.0. The van der Waals surface area contributed by atoms with E-state index in [-0.39, 0.29) is 17.9 Å². The van der Waals surface area contributed by atoms with Crippen molar-refractivity contribution in [3.63, 3.8) is 0 Å². The maximum atomic E-state index is 12.3. The summed E-state index contributed by atoms with van der Waals surface area (Å²) in [6, 6.07) is 7.68. The Bertz CT molecular complexity index is 741. The standard InChI is InChI=1S/C16H15BrN2O2S/c1-9(18-16(21)15-12(17)6-7-22-15)10-2-4-13-11(8-10)3-5-14(20)19-13/h2,4,6-9H,3,5H2,1H3,(H,18,21)(H,19,20)/t9-/m0/s1. The Morgan fingerprint density at radius 2 is 2.18 bits per heavy atom. The summed E-state index contributed by atoms with van der Waals surface area (Å²) in [5, 5.41) is 7.76. The van der Waals surface area contributed by atoms with Gasteiger partial charge in [-0.25, -0.2) is 0 Å². The molecule has 0 unspecified atom stereocenters. The first-order chi connectivity index (χ1) is 10.5. The van der Waals surface area contributed by atoms with Gasteiger partial charge in [-0.1, -0.05) is 12.1 Å². The maximum absolute atomic E-state index is 12.3. The van der Waals surface area contributed by atoms with Crippen LogP contribution in [0.3, 0.4) is 0 Å². The highest BCUT2D eigenvalue weighted by Gasteiger charge is 2.18. The number of hydrogen-bond donors (Lipinski definition) is 2. The molecule has 0 saturated heterocycles. The third-order valence-electron chi connectivity index (χ3n) is 3.70. The van der Waals surface area contributed by atoms with Crippen LogP contribution in [0.5, 0.6) is 0 Å². The second-order valence-electron chi connectivity index (χ2n) is 5.26. The fourth-order valence-electron chi connectivity index (χ4n) is 2.47. The number of carbonyl (C=O) groups excluding carboxylic acids is 2. The molecule has 1 atom stereocenters. The first-order valence-corrected chi connectivity index (χ1v) is 8.68. The van der Waals surface area contributed by atoms with Gasteiger partial charge in [0.05, 0.1) is 6.04 Å². The van der Waals surface area contributed by atoms with E-state index in [1.165, 1.54) is 11.3 Å². The molecule has 0 fully saturated rings. The SMILES string of the molecule is C[C@H](NC(=O)c1sccc1Br)c1ccc2c(c1)CCC(=O)N2. The van der Waals surface area contributed by atoms with Crippen LogP contribution in [0.25, 0.3) is 0 Å². The number of halogens is 1. The zero-order valence-corrected chi connectivity index (χ0v) is 14.4. The third-order valence-corrected chi connectivity index (χ3v) is 5.53. The maximum Gasteiger partial charge on any atom is 0.262 e. The smallest absolute Gasteiger partial charge is 0.262 e. The summed E-state index contributed by atoms with van der Waals surface area (Å²) in [5.41, 5.74) is 3.03. The van der Waals surface area contributed by atoms with Gasteiger partial charge in [0, 0.05) is 16.6 Å². The van der Waals surface area contributed by atoms with Crippen molar-refractivity contribution in [3.8, 4) is 0 Å². The van der Waals surface area contributed by atoms with Crippen LogP contribution < -0.4 is 10.6 Å². The van der Waals surface area contributed by atoms with E-state index in [2.05, 4.69) is 32.6 Å². The number of anilines is 1. The predicted octanol–water partition coefficient (Wildman–Crippen LogP) is 3.89. The van der Waals surface area contributed by atoms with Crippen molar-refractivity contribution >= 4 is 44.8 Å². The number of nitrogens with one attached hydrogen (secondary N) is 2. The van der Waals surface area contributed by atoms with Gasteiger partial charge >= 0.3 is 0 Å². The van der Waals surface area contributed by atoms with Gasteiger partial charge in [0.25, 0.3) is 5.91 Å². The van der Waals surface area contributed by atoms with E-state index in [1.807, 2.05) is 30.5 Å². The number of thiophene rings is 1. The van der Waals surface area contributed by atoms with Crippen molar-refractivity contribution in [1.29, 1.82) is 0 Å². The Kier molecular flexibility index (Phi) is 4.31. The summed E-state index contributed by atoms with van der Waals surface area (Å²) in [5.74, 6) is -0.0236. The highest BCUT2D eigenvalue weighted by Crippen LogP contribution is 2.27. The van der Waals surface area contributed by atoms with Crippen LogP contribution >= 0.6 is 27.3 Å². The van der Waals surface area contributed by atoms with Crippen molar-refractivity contribution in [2.24, 2.45) is 0 Å². The molecule has 3 rings (SSSR count). The van der Waals surface area contributed by atoms with Gasteiger partial charge in [0.1, 0.15) is 4.88 Å². The fraction of sp³-hybridized carbons (Fsp3) is 0.250. The van der Waals surface area contributed by atoms with Crippen LogP contribution in [0.1, 0.15) is 40.2 Å². The van der Waals surface area contributed by atoms with Crippen molar-refractivity contribution in [1.82, 2.24) is 5.32 Å². The number of benzene rings is 1. The molecular weight excluding hydrogens is 364 g/mol. The van der Waals surface area contributed by atoms with E-state index < -0.39 is 0 Å². The molecule has 0 radical (unpaired) electrons. The molecule has 4 nitrogen and oxygen atoms in total. The third kappa shape index (κ3) is 3.08. The molecule has 0 bridgehead atoms. The number of aryl methyl sites for hydroxylation is 1. The Labute approximate surface area is 141 Å². The molecule has 2 aromatic rings. The molecule has 0 spiro atoms. The monoisotopic (exact) mass is 378 g/mol. The van der Waals surface area contributed by atoms with E-state index in [0.29, 0.717) is 11.3 Å². The Morgan fingerprint density at radius 1 is 1.36 bits per heavy atom. The van der Waals surface area contributed by atoms with E-state index in [0.717, 1.165) is 27.7 Å². The Morgan fingerprint density at radius 3 is 2.91 bits per heavy atom. The van der Waals surface area contributed by atoms with Crippen molar-refractivity contribution in [2.45, 2.75) is 25.8 Å². The molecule has 114 valence electrons. The zero-order chi connectivity index (χ0) is 15.7. The van der Waals surface area contributed by atoms with E-state index in [1.54, 1.807) is 0 Å². The number of rotatable bonds is 3. The quantitative estimate of drug-likeness (QED) is 0.850. The Balaban J connectivity index is 1.75. The number of hydrogen-bond acceptors (Lipinski definition) is 3. The summed E-state index contributed by atoms with van der Waals surface area (Å²) < 4.78 is 0.815. The molecule has 2 N–H and O–H groups in total. The number of carbonyl (C=O) groups is 2. The summed E-state index contributed by atoms with van der Waals surface area (Å²) in [4.78, 5) is 24.3. The first-order valence-electron chi connectivity index (χ1n) is 7.01. The minimum absolute atomic E-state index is 0.0594. The van der Waals surface area contributed by atoms with Crippen molar-refractivity contribution < 1.29 is 9.59 Å². The molecule has 0 saturated carbocycles. The average molecular weight is 379 g/mol. The van der Waals surface area contributed by atoms with E-state index in [4.69, 9.17) is 0 Å². The number of amides is 2. The summed E-state index contributed by atoms with van der Waals surface area (Å²) >= 11 is 4.79. The molecule has 0 aliphatic carbocycles. The minimum Gasteiger partial charge on any atom is -0.345 e. The fourth-order valence-corrected chi connectivity index (χ4v) is 3.93. The molecule has 1 aliphatic rings. The van der Waals surface area contributed by atoms with Gasteiger partial charge in [-0.15, -0.1) is 11.3 Å². The lowest BCUT2D eigenvalue weighted by molar-refractivity contribution is -0.116. The van der Waals surface area contributed by atoms with Crippen molar-refractivity contribution in [3.05, 3.63) is 50.1 Å². The highest BCUT2D eigenvalue weighted by atomic mass is 79.9. The van der Waals surface area contributed by atoms with Crippen LogP contribution in [-0.2, 0) is 11.2 Å². The van der Waals surface area contributed by atoms with E-state index in [9.17, 15) is 9.59 Å². The van der Waals surface area contributed by atoms with Gasteiger partial charge in [-0.05, 0) is 57.9 Å². The summed E-state index contributed by atoms with van der Waals surface area (Å²) in [7, 11) is 0. The predicted molar refractivity (Wildman–Crippen MR) is 91.3 cm³/mol. The molecule has 22 heavy (non-hydrogen) atoms. The van der Waals surface area contributed by atoms with Gasteiger partial charge in [0.15, 0.2) is 0 Å². The summed E-state index contributed by atoms with van der Waals surface area (Å²) in [6.07, 6.45) is 1.26. The van der Waals surface area contributed by atoms with Gasteiger partial charge in [0.2, 0.25) is 5.91 Å². The molecule has 2 amide bonds. The lowest BCUT2D eigenvalue weighted by atomic mass is 9.98. The second kappa shape index (κ2) is 6.22. The molecule has 1 aromatic carbocycles. The van der Waals surface area contributed by atoms with Gasteiger partial charge in [-0.3, -0.25) is 9.59 Å². The lowest BCUT2D eigenvalue weighted by Gasteiger charge is -2.20. The highest BCUT2D eigenvalue weighted by molar-refractivity contribution is 9.10. The lowest BCUT2D eigenvalue weighted by Crippen LogP contribution is -2.26. The van der Waals surface area contributed by atoms with Gasteiger partial charge in [-0.2, -0.15) is 0 Å². The van der Waals surface area contributed by atoms with Crippen LogP contribution in [0.4, 0.5) is 5.69 Å². The second-order valence-corrected chi connectivity index (χ2v) is 7.03. The molecule has 2 heterocycles. The van der Waals surface area contributed by atoms with Crippen LogP contribution in [0.2, 0.25) is 0 Å². The van der Waals surface area contributed by atoms with Crippen LogP contribution in [0.15, 0.2) is 34.1 Å². The van der Waals surface area contributed by atoms with Crippen molar-refractivity contribution in [2.75, 3.05) is 5.32 Å². The summed E-state index contributed by atoms with van der Waals surface area (Å²) in [6.45, 7) is 1.96. The van der Waals surface area contributed by atoms with Crippen LogP contribution in [-0.4, -0.2) is 11.8 Å². The average Bonchev–Trinajstić information content (AvgIpc) is 2.92.